The van der Waals surface area contributed by atoms with Crippen LogP contribution in [0.15, 0.2) is 54.6 Å². The maximum atomic E-state index is 13.7. The standard InChI is InChI=1S/C23H27F2NO5/c1-22(2,3)31-21(29)26(4)15-14-19(16-8-6-5-7-9-16)30-18-12-10-17(11-13-18)23(24,25)20(27)28/h5-13,19H,14-15H2,1-4H3,(H,27,28). The molecule has 1 unspecified atom stereocenters. The predicted octanol–water partition coefficient (Wildman–Crippen LogP) is 5.24. The van der Waals surface area contributed by atoms with Gasteiger partial charge in [0.25, 0.3) is 0 Å². The van der Waals surface area contributed by atoms with E-state index in [9.17, 15) is 18.4 Å². The van der Waals surface area contributed by atoms with Crippen LogP contribution in [0.4, 0.5) is 13.6 Å². The number of nitrogens with zero attached hydrogens (tertiary/aromatic N) is 1. The molecule has 0 heterocycles. The normalized spacial score (nSPS) is 12.7. The number of ether oxygens (including phenoxy) is 2. The van der Waals surface area contributed by atoms with Crippen LogP contribution in [0, 0.1) is 0 Å². The number of halogens is 2. The smallest absolute Gasteiger partial charge is 0.410 e. The predicted molar refractivity (Wildman–Crippen MR) is 111 cm³/mol. The highest BCUT2D eigenvalue weighted by atomic mass is 19.3. The van der Waals surface area contributed by atoms with Crippen molar-refractivity contribution >= 4 is 12.1 Å². The fourth-order valence-corrected chi connectivity index (χ4v) is 2.73. The molecule has 0 aliphatic heterocycles. The summed E-state index contributed by atoms with van der Waals surface area (Å²) in [7, 11) is 1.62. The van der Waals surface area contributed by atoms with E-state index < -0.39 is 35.3 Å². The zero-order valence-corrected chi connectivity index (χ0v) is 18.0. The first-order chi connectivity index (χ1) is 14.4. The summed E-state index contributed by atoms with van der Waals surface area (Å²) in [5.74, 6) is -5.89. The highest BCUT2D eigenvalue weighted by molar-refractivity contribution is 5.77. The van der Waals surface area contributed by atoms with Crippen LogP contribution >= 0.6 is 0 Å². The summed E-state index contributed by atoms with van der Waals surface area (Å²) in [4.78, 5) is 24.4. The molecule has 0 fully saturated rings. The third-order valence-electron chi connectivity index (χ3n) is 4.37. The number of rotatable bonds is 8. The number of hydrogen-bond donors (Lipinski definition) is 1. The van der Waals surface area contributed by atoms with Crippen molar-refractivity contribution in [1.82, 2.24) is 4.90 Å². The van der Waals surface area contributed by atoms with Gasteiger partial charge in [0.2, 0.25) is 0 Å². The molecule has 0 spiro atoms. The van der Waals surface area contributed by atoms with E-state index in [-0.39, 0.29) is 0 Å². The van der Waals surface area contributed by atoms with Crippen LogP contribution < -0.4 is 4.74 Å². The second-order valence-electron chi connectivity index (χ2n) is 8.11. The van der Waals surface area contributed by atoms with Crippen molar-refractivity contribution in [3.63, 3.8) is 0 Å². The van der Waals surface area contributed by atoms with Gasteiger partial charge in [-0.25, -0.2) is 9.59 Å². The quantitative estimate of drug-likeness (QED) is 0.614. The lowest BCUT2D eigenvalue weighted by Gasteiger charge is -2.26. The van der Waals surface area contributed by atoms with E-state index in [4.69, 9.17) is 14.6 Å². The number of amides is 1. The first-order valence-corrected chi connectivity index (χ1v) is 9.77. The molecule has 0 aliphatic rings. The molecule has 1 amide bonds. The summed E-state index contributed by atoms with van der Waals surface area (Å²) in [6.45, 7) is 5.69. The van der Waals surface area contributed by atoms with E-state index in [1.807, 2.05) is 30.3 Å². The molecule has 6 nitrogen and oxygen atoms in total. The summed E-state index contributed by atoms with van der Waals surface area (Å²) in [6.07, 6.45) is -0.497. The Morgan fingerprint density at radius 3 is 2.13 bits per heavy atom. The average Bonchev–Trinajstić information content (AvgIpc) is 2.70. The lowest BCUT2D eigenvalue weighted by atomic mass is 10.1. The van der Waals surface area contributed by atoms with Gasteiger partial charge in [-0.2, -0.15) is 8.78 Å². The number of benzene rings is 2. The summed E-state index contributed by atoms with van der Waals surface area (Å²) >= 11 is 0. The van der Waals surface area contributed by atoms with Gasteiger partial charge in [0.05, 0.1) is 0 Å². The van der Waals surface area contributed by atoms with Crippen molar-refractivity contribution in [1.29, 1.82) is 0 Å². The number of carboxylic acids is 1. The Morgan fingerprint density at radius 1 is 1.03 bits per heavy atom. The lowest BCUT2D eigenvalue weighted by molar-refractivity contribution is -0.166. The van der Waals surface area contributed by atoms with Crippen molar-refractivity contribution in [2.45, 2.75) is 44.8 Å². The molecule has 0 radical (unpaired) electrons. The minimum Gasteiger partial charge on any atom is -0.486 e. The second-order valence-corrected chi connectivity index (χ2v) is 8.11. The number of alkyl halides is 2. The van der Waals surface area contributed by atoms with Crippen LogP contribution in [0.2, 0.25) is 0 Å². The van der Waals surface area contributed by atoms with Crippen molar-refractivity contribution in [2.75, 3.05) is 13.6 Å². The molecule has 1 atom stereocenters. The molecule has 0 bridgehead atoms. The first kappa shape index (κ1) is 24.1. The van der Waals surface area contributed by atoms with Gasteiger partial charge < -0.3 is 19.5 Å². The number of carboxylic acid groups (broad SMARTS) is 1. The first-order valence-electron chi connectivity index (χ1n) is 9.77. The highest BCUT2D eigenvalue weighted by Crippen LogP contribution is 2.31. The van der Waals surface area contributed by atoms with E-state index in [1.165, 1.54) is 17.0 Å². The summed E-state index contributed by atoms with van der Waals surface area (Å²) in [6, 6.07) is 13.9. The van der Waals surface area contributed by atoms with Gasteiger partial charge in [0.1, 0.15) is 17.5 Å². The maximum Gasteiger partial charge on any atom is 0.410 e. The van der Waals surface area contributed by atoms with Gasteiger partial charge in [-0.15, -0.1) is 0 Å². The van der Waals surface area contributed by atoms with Crippen LogP contribution in [0.3, 0.4) is 0 Å². The van der Waals surface area contributed by atoms with Crippen LogP contribution in [0.1, 0.15) is 44.4 Å². The van der Waals surface area contributed by atoms with E-state index in [0.717, 1.165) is 17.7 Å². The highest BCUT2D eigenvalue weighted by Gasteiger charge is 2.40. The zero-order valence-electron chi connectivity index (χ0n) is 18.0. The van der Waals surface area contributed by atoms with E-state index in [0.29, 0.717) is 18.7 Å². The molecule has 8 heteroatoms. The Labute approximate surface area is 180 Å². The van der Waals surface area contributed by atoms with E-state index >= 15 is 0 Å². The number of hydrogen-bond acceptors (Lipinski definition) is 4. The lowest BCUT2D eigenvalue weighted by Crippen LogP contribution is -2.35. The van der Waals surface area contributed by atoms with Crippen molar-refractivity contribution in [3.05, 3.63) is 65.7 Å². The van der Waals surface area contributed by atoms with Crippen LogP contribution in [0.25, 0.3) is 0 Å². The Balaban J connectivity index is 2.13. The van der Waals surface area contributed by atoms with Gasteiger partial charge in [-0.3, -0.25) is 0 Å². The minimum atomic E-state index is -3.98. The number of carbonyl (C=O) groups is 2. The topological polar surface area (TPSA) is 76.1 Å². The molecule has 2 rings (SSSR count). The third-order valence-corrected chi connectivity index (χ3v) is 4.37. The van der Waals surface area contributed by atoms with Gasteiger partial charge in [-0.05, 0) is 50.6 Å². The van der Waals surface area contributed by atoms with Crippen LogP contribution in [-0.2, 0) is 15.5 Å². The maximum absolute atomic E-state index is 13.7. The average molecular weight is 435 g/mol. The fraction of sp³-hybridized carbons (Fsp3) is 0.391. The SMILES string of the molecule is CN(CCC(Oc1ccc(C(F)(F)C(=O)O)cc1)c1ccccc1)C(=O)OC(C)(C)C. The molecular formula is C23H27F2NO5. The third kappa shape index (κ3) is 6.94. The minimum absolute atomic E-state index is 0.304. The van der Waals surface area contributed by atoms with Gasteiger partial charge >= 0.3 is 18.0 Å². The van der Waals surface area contributed by atoms with Crippen molar-refractivity contribution in [2.24, 2.45) is 0 Å². The molecule has 2 aromatic carbocycles. The molecule has 0 saturated heterocycles. The Hall–Kier alpha value is -3.16. The van der Waals surface area contributed by atoms with Gasteiger partial charge in [0, 0.05) is 25.6 Å². The van der Waals surface area contributed by atoms with Crippen molar-refractivity contribution in [3.8, 4) is 5.75 Å². The molecule has 0 aromatic heterocycles. The second kappa shape index (κ2) is 9.76. The van der Waals surface area contributed by atoms with Crippen LogP contribution in [0.5, 0.6) is 5.75 Å². The summed E-state index contributed by atoms with van der Waals surface area (Å²) < 4.78 is 38.6. The molecule has 31 heavy (non-hydrogen) atoms. The zero-order chi connectivity index (χ0) is 23.2. The monoisotopic (exact) mass is 435 g/mol. The Kier molecular flexibility index (Phi) is 7.60. The molecular weight excluding hydrogens is 408 g/mol. The fourth-order valence-electron chi connectivity index (χ4n) is 2.73. The molecule has 1 N–H and O–H groups in total. The molecule has 2 aromatic rings. The molecule has 0 aliphatic carbocycles. The molecule has 0 saturated carbocycles. The summed E-state index contributed by atoms with van der Waals surface area (Å²) in [5.41, 5.74) is -0.395. The van der Waals surface area contributed by atoms with E-state index in [1.54, 1.807) is 27.8 Å². The number of carbonyl (C=O) groups excluding carboxylic acids is 1. The van der Waals surface area contributed by atoms with E-state index in [2.05, 4.69) is 0 Å². The van der Waals surface area contributed by atoms with Gasteiger partial charge in [0.15, 0.2) is 0 Å². The number of aliphatic carboxylic acids is 1. The van der Waals surface area contributed by atoms with Crippen LogP contribution in [-0.4, -0.2) is 41.3 Å². The largest absolute Gasteiger partial charge is 0.486 e. The van der Waals surface area contributed by atoms with Crippen molar-refractivity contribution < 1.29 is 33.0 Å². The Morgan fingerprint density at radius 2 is 1.61 bits per heavy atom. The van der Waals surface area contributed by atoms with Gasteiger partial charge in [-0.1, -0.05) is 30.3 Å². The summed E-state index contributed by atoms with van der Waals surface area (Å²) in [5, 5.41) is 8.67. The molecule has 168 valence electrons. The Bertz CT molecular complexity index is 879.